The van der Waals surface area contributed by atoms with Crippen molar-refractivity contribution in [3.8, 4) is 0 Å². The van der Waals surface area contributed by atoms with Gasteiger partial charge in [-0.15, -0.1) is 0 Å². The van der Waals surface area contributed by atoms with Crippen LogP contribution in [0.1, 0.15) is 57.6 Å². The average Bonchev–Trinajstić information content (AvgIpc) is 2.97. The van der Waals surface area contributed by atoms with E-state index in [1.807, 2.05) is 27.7 Å². The van der Waals surface area contributed by atoms with Crippen molar-refractivity contribution in [3.63, 3.8) is 0 Å². The van der Waals surface area contributed by atoms with E-state index in [2.05, 4.69) is 4.98 Å². The second-order valence-electron chi connectivity index (χ2n) is 7.92. The smallest absolute Gasteiger partial charge is 0.410 e. The van der Waals surface area contributed by atoms with Gasteiger partial charge in [0, 0.05) is 30.2 Å². The third-order valence-electron chi connectivity index (χ3n) is 4.91. The molecule has 0 unspecified atom stereocenters. The highest BCUT2D eigenvalue weighted by Gasteiger charge is 2.31. The van der Waals surface area contributed by atoms with Gasteiger partial charge in [-0.25, -0.2) is 13.6 Å². The number of H-pyrrole nitrogens is 1. The van der Waals surface area contributed by atoms with Gasteiger partial charge in [0.15, 0.2) is 0 Å². The molecule has 6 heteroatoms. The zero-order chi connectivity index (χ0) is 19.1. The second kappa shape index (κ2) is 6.89. The Morgan fingerprint density at radius 3 is 2.54 bits per heavy atom. The van der Waals surface area contributed by atoms with Crippen LogP contribution in [-0.4, -0.2) is 34.7 Å². The first-order valence-corrected chi connectivity index (χ1v) is 9.17. The quantitative estimate of drug-likeness (QED) is 0.803. The number of hydrogen-bond donors (Lipinski definition) is 1. The summed E-state index contributed by atoms with van der Waals surface area (Å²) in [5.74, 6) is -1.22. The molecule has 0 bridgehead atoms. The number of fused-ring (bicyclic) bond motifs is 1. The summed E-state index contributed by atoms with van der Waals surface area (Å²) in [6.45, 7) is 8.28. The Morgan fingerprint density at radius 2 is 1.96 bits per heavy atom. The summed E-state index contributed by atoms with van der Waals surface area (Å²) < 4.78 is 35.1. The number of ether oxygens (including phenoxy) is 1. The number of carbonyl (C=O) groups excluding carboxylic acids is 1. The molecule has 26 heavy (non-hydrogen) atoms. The van der Waals surface area contributed by atoms with Crippen molar-refractivity contribution in [2.24, 2.45) is 0 Å². The van der Waals surface area contributed by atoms with E-state index >= 15 is 4.39 Å². The molecule has 142 valence electrons. The van der Waals surface area contributed by atoms with Crippen molar-refractivity contribution in [3.05, 3.63) is 35.0 Å². The normalized spacial score (nSPS) is 16.3. The van der Waals surface area contributed by atoms with Gasteiger partial charge in [-0.2, -0.15) is 0 Å². The number of aryl methyl sites for hydroxylation is 1. The third kappa shape index (κ3) is 3.55. The van der Waals surface area contributed by atoms with Crippen LogP contribution in [0.25, 0.3) is 10.9 Å². The number of likely N-dealkylation sites (tertiary alicyclic amines) is 1. The number of hydrogen-bond acceptors (Lipinski definition) is 2. The molecule has 0 aliphatic carbocycles. The minimum absolute atomic E-state index is 0.149. The van der Waals surface area contributed by atoms with Crippen LogP contribution in [0.5, 0.6) is 0 Å². The lowest BCUT2D eigenvalue weighted by atomic mass is 9.87. The minimum Gasteiger partial charge on any atom is -0.444 e. The molecule has 4 nitrogen and oxygen atoms in total. The molecule has 0 spiro atoms. The fraction of sp³-hybridized carbons (Fsp3) is 0.550. The Labute approximate surface area is 152 Å². The summed E-state index contributed by atoms with van der Waals surface area (Å²) in [7, 11) is 0. The van der Waals surface area contributed by atoms with E-state index in [0.717, 1.165) is 5.56 Å². The van der Waals surface area contributed by atoms with Crippen molar-refractivity contribution in [2.75, 3.05) is 13.1 Å². The average molecular weight is 364 g/mol. The molecule has 0 atom stereocenters. The molecule has 1 aliphatic heterocycles. The number of piperidine rings is 1. The lowest BCUT2D eigenvalue weighted by Crippen LogP contribution is -2.41. The fourth-order valence-electron chi connectivity index (χ4n) is 3.63. The van der Waals surface area contributed by atoms with Crippen LogP contribution >= 0.6 is 0 Å². The highest BCUT2D eigenvalue weighted by Crippen LogP contribution is 2.36. The van der Waals surface area contributed by atoms with Gasteiger partial charge in [0.05, 0.1) is 5.52 Å². The molecular weight excluding hydrogens is 338 g/mol. The standard InChI is InChI=1S/C20H26F2N2O2/c1-5-12-11-23-15-10-14(21)16(18(22)17(12)15)13-6-8-24(9-7-13)19(25)26-20(2,3)4/h10-11,13,23H,5-9H2,1-4H3. The summed E-state index contributed by atoms with van der Waals surface area (Å²) in [4.78, 5) is 16.7. The fourth-order valence-corrected chi connectivity index (χ4v) is 3.63. The first-order chi connectivity index (χ1) is 12.2. The van der Waals surface area contributed by atoms with Crippen LogP contribution in [0.2, 0.25) is 0 Å². The Morgan fingerprint density at radius 1 is 1.31 bits per heavy atom. The molecule has 2 heterocycles. The lowest BCUT2D eigenvalue weighted by molar-refractivity contribution is 0.0204. The number of carbonyl (C=O) groups is 1. The number of amides is 1. The minimum atomic E-state index is -0.554. The summed E-state index contributed by atoms with van der Waals surface area (Å²) in [5, 5.41) is 0.485. The molecule has 3 rings (SSSR count). The van der Waals surface area contributed by atoms with Crippen LogP contribution in [0.3, 0.4) is 0 Å². The summed E-state index contributed by atoms with van der Waals surface area (Å²) in [6, 6.07) is 1.38. The summed E-state index contributed by atoms with van der Waals surface area (Å²) in [6.07, 6.45) is 3.09. The molecular formula is C20H26F2N2O2. The first-order valence-electron chi connectivity index (χ1n) is 9.17. The van der Waals surface area contributed by atoms with E-state index in [4.69, 9.17) is 4.74 Å². The number of aromatic amines is 1. The Hall–Kier alpha value is -2.11. The topological polar surface area (TPSA) is 45.3 Å². The van der Waals surface area contributed by atoms with Crippen LogP contribution in [0, 0.1) is 11.6 Å². The summed E-state index contributed by atoms with van der Waals surface area (Å²) in [5.41, 5.74) is 0.939. The predicted octanol–water partition coefficient (Wildman–Crippen LogP) is 5.12. The van der Waals surface area contributed by atoms with E-state index < -0.39 is 17.2 Å². The van der Waals surface area contributed by atoms with E-state index in [-0.39, 0.29) is 17.6 Å². The van der Waals surface area contributed by atoms with Gasteiger partial charge < -0.3 is 14.6 Å². The molecule has 1 N–H and O–H groups in total. The molecule has 1 fully saturated rings. The maximum absolute atomic E-state index is 15.1. The Balaban J connectivity index is 1.80. The summed E-state index contributed by atoms with van der Waals surface area (Å²) >= 11 is 0. The molecule has 1 amide bonds. The van der Waals surface area contributed by atoms with Gasteiger partial charge in [-0.05, 0) is 57.6 Å². The maximum Gasteiger partial charge on any atom is 0.410 e. The van der Waals surface area contributed by atoms with Gasteiger partial charge in [-0.1, -0.05) is 6.92 Å². The van der Waals surface area contributed by atoms with Crippen molar-refractivity contribution in [2.45, 2.75) is 58.5 Å². The van der Waals surface area contributed by atoms with Crippen LogP contribution in [0.15, 0.2) is 12.3 Å². The number of nitrogens with one attached hydrogen (secondary N) is 1. The molecule has 0 saturated carbocycles. The molecule has 1 aliphatic rings. The second-order valence-corrected chi connectivity index (χ2v) is 7.92. The highest BCUT2D eigenvalue weighted by molar-refractivity contribution is 5.85. The number of halogens is 2. The van der Waals surface area contributed by atoms with Gasteiger partial charge >= 0.3 is 6.09 Å². The highest BCUT2D eigenvalue weighted by atomic mass is 19.1. The van der Waals surface area contributed by atoms with Gasteiger partial charge in [0.1, 0.15) is 17.2 Å². The predicted molar refractivity (Wildman–Crippen MR) is 97.4 cm³/mol. The van der Waals surface area contributed by atoms with E-state index in [0.29, 0.717) is 43.3 Å². The third-order valence-corrected chi connectivity index (χ3v) is 4.91. The molecule has 1 aromatic heterocycles. The van der Waals surface area contributed by atoms with Gasteiger partial charge in [-0.3, -0.25) is 0 Å². The lowest BCUT2D eigenvalue weighted by Gasteiger charge is -2.33. The van der Waals surface area contributed by atoms with Crippen molar-refractivity contribution in [1.82, 2.24) is 9.88 Å². The monoisotopic (exact) mass is 364 g/mol. The number of aromatic nitrogens is 1. The van der Waals surface area contributed by atoms with Gasteiger partial charge in [0.2, 0.25) is 0 Å². The van der Waals surface area contributed by atoms with Crippen LogP contribution in [0.4, 0.5) is 13.6 Å². The molecule has 1 saturated heterocycles. The molecule has 1 aromatic carbocycles. The van der Waals surface area contributed by atoms with Crippen molar-refractivity contribution >= 4 is 17.0 Å². The van der Waals surface area contributed by atoms with Crippen LogP contribution < -0.4 is 0 Å². The van der Waals surface area contributed by atoms with E-state index in [9.17, 15) is 9.18 Å². The number of rotatable bonds is 2. The largest absolute Gasteiger partial charge is 0.444 e. The maximum atomic E-state index is 15.1. The first kappa shape index (κ1) is 18.7. The van der Waals surface area contributed by atoms with Gasteiger partial charge in [0.25, 0.3) is 0 Å². The SMILES string of the molecule is CCc1c[nH]c2cc(F)c(C3CCN(C(=O)OC(C)(C)C)CC3)c(F)c12. The van der Waals surface area contributed by atoms with Crippen molar-refractivity contribution in [1.29, 1.82) is 0 Å². The number of nitrogens with zero attached hydrogens (tertiary/aromatic N) is 1. The van der Waals surface area contributed by atoms with E-state index in [1.165, 1.54) is 6.07 Å². The van der Waals surface area contributed by atoms with E-state index in [1.54, 1.807) is 11.1 Å². The zero-order valence-electron chi connectivity index (χ0n) is 15.8. The molecule has 2 aromatic rings. The van der Waals surface area contributed by atoms with Crippen LogP contribution in [-0.2, 0) is 11.2 Å². The number of benzene rings is 1. The zero-order valence-corrected chi connectivity index (χ0v) is 15.8. The Bertz CT molecular complexity index is 815. The van der Waals surface area contributed by atoms with Crippen molar-refractivity contribution < 1.29 is 18.3 Å². The Kier molecular flexibility index (Phi) is 4.95. The molecule has 0 radical (unpaired) electrons.